The monoisotopic (exact) mass is 238 g/mol. The number of hydrogen-bond donors (Lipinski definition) is 1. The SMILES string of the molecule is CC(N)CCCCN1C(=O)C2CCCC2C1=O. The topological polar surface area (TPSA) is 63.4 Å². The number of fused-ring (bicyclic) bond motifs is 1. The van der Waals surface area contributed by atoms with Crippen LogP contribution in [0.4, 0.5) is 0 Å². The number of hydrogen-bond acceptors (Lipinski definition) is 3. The number of unbranched alkanes of at least 4 members (excludes halogenated alkanes) is 1. The lowest BCUT2D eigenvalue weighted by Crippen LogP contribution is -2.32. The summed E-state index contributed by atoms with van der Waals surface area (Å²) in [4.78, 5) is 25.5. The molecule has 4 heteroatoms. The zero-order chi connectivity index (χ0) is 12.4. The zero-order valence-corrected chi connectivity index (χ0v) is 10.5. The molecular weight excluding hydrogens is 216 g/mol. The third-order valence-electron chi connectivity index (χ3n) is 3.97. The van der Waals surface area contributed by atoms with Gasteiger partial charge in [-0.1, -0.05) is 12.8 Å². The third kappa shape index (κ3) is 2.51. The Kier molecular flexibility index (Phi) is 3.82. The second-order valence-electron chi connectivity index (χ2n) is 5.45. The number of likely N-dealkylation sites (tertiary alicyclic amines) is 1. The molecule has 2 aliphatic rings. The van der Waals surface area contributed by atoms with Gasteiger partial charge in [-0.2, -0.15) is 0 Å². The molecule has 2 fully saturated rings. The molecule has 2 rings (SSSR count). The first-order valence-electron chi connectivity index (χ1n) is 6.72. The molecule has 2 amide bonds. The van der Waals surface area contributed by atoms with Crippen molar-refractivity contribution in [3.63, 3.8) is 0 Å². The lowest BCUT2D eigenvalue weighted by molar-refractivity contribution is -0.140. The molecule has 1 aliphatic carbocycles. The van der Waals surface area contributed by atoms with Gasteiger partial charge in [-0.15, -0.1) is 0 Å². The average molecular weight is 238 g/mol. The maximum Gasteiger partial charge on any atom is 0.233 e. The Labute approximate surface area is 103 Å². The highest BCUT2D eigenvalue weighted by molar-refractivity contribution is 6.05. The summed E-state index contributed by atoms with van der Waals surface area (Å²) >= 11 is 0. The summed E-state index contributed by atoms with van der Waals surface area (Å²) in [5.41, 5.74) is 5.67. The van der Waals surface area contributed by atoms with E-state index in [1.54, 1.807) is 0 Å². The summed E-state index contributed by atoms with van der Waals surface area (Å²) in [7, 11) is 0. The highest BCUT2D eigenvalue weighted by Crippen LogP contribution is 2.39. The number of amides is 2. The van der Waals surface area contributed by atoms with Crippen LogP contribution in [0.2, 0.25) is 0 Å². The lowest BCUT2D eigenvalue weighted by Gasteiger charge is -2.15. The minimum atomic E-state index is 0.0101. The first-order valence-corrected chi connectivity index (χ1v) is 6.72. The van der Waals surface area contributed by atoms with Gasteiger partial charge in [-0.25, -0.2) is 0 Å². The summed E-state index contributed by atoms with van der Waals surface area (Å²) in [5.74, 6) is 0.184. The third-order valence-corrected chi connectivity index (χ3v) is 3.97. The van der Waals surface area contributed by atoms with Crippen LogP contribution < -0.4 is 5.73 Å². The zero-order valence-electron chi connectivity index (χ0n) is 10.5. The van der Waals surface area contributed by atoms with E-state index in [1.165, 1.54) is 4.90 Å². The molecule has 3 atom stereocenters. The van der Waals surface area contributed by atoms with Crippen LogP contribution in [0.5, 0.6) is 0 Å². The van der Waals surface area contributed by atoms with Crippen molar-refractivity contribution in [2.45, 2.75) is 51.5 Å². The molecule has 0 aromatic heterocycles. The van der Waals surface area contributed by atoms with Gasteiger partial charge >= 0.3 is 0 Å². The van der Waals surface area contributed by atoms with Crippen molar-refractivity contribution in [1.82, 2.24) is 4.90 Å². The fourth-order valence-electron chi connectivity index (χ4n) is 3.02. The molecule has 1 aliphatic heterocycles. The maximum atomic E-state index is 12.0. The highest BCUT2D eigenvalue weighted by atomic mass is 16.2. The molecule has 96 valence electrons. The molecule has 0 aromatic rings. The van der Waals surface area contributed by atoms with Gasteiger partial charge in [0.25, 0.3) is 0 Å². The van der Waals surface area contributed by atoms with Crippen molar-refractivity contribution in [1.29, 1.82) is 0 Å². The maximum absolute atomic E-state index is 12.0. The second-order valence-corrected chi connectivity index (χ2v) is 5.45. The Morgan fingerprint density at radius 1 is 1.24 bits per heavy atom. The molecular formula is C13H22N2O2. The lowest BCUT2D eigenvalue weighted by atomic mass is 10.00. The van der Waals surface area contributed by atoms with E-state index in [1.807, 2.05) is 6.92 Å². The van der Waals surface area contributed by atoms with E-state index in [2.05, 4.69) is 0 Å². The van der Waals surface area contributed by atoms with Crippen molar-refractivity contribution in [3.05, 3.63) is 0 Å². The second kappa shape index (κ2) is 5.17. The van der Waals surface area contributed by atoms with Crippen LogP contribution in [-0.2, 0) is 9.59 Å². The fourth-order valence-corrected chi connectivity index (χ4v) is 3.02. The van der Waals surface area contributed by atoms with Crippen LogP contribution in [0.1, 0.15) is 45.4 Å². The van der Waals surface area contributed by atoms with E-state index in [0.29, 0.717) is 6.54 Å². The van der Waals surface area contributed by atoms with Gasteiger partial charge in [0.2, 0.25) is 11.8 Å². The van der Waals surface area contributed by atoms with Crippen molar-refractivity contribution in [3.8, 4) is 0 Å². The molecule has 1 saturated carbocycles. The smallest absolute Gasteiger partial charge is 0.233 e. The quantitative estimate of drug-likeness (QED) is 0.580. The Balaban J connectivity index is 1.81. The largest absolute Gasteiger partial charge is 0.328 e. The van der Waals surface area contributed by atoms with E-state index in [4.69, 9.17) is 5.73 Å². The molecule has 2 N–H and O–H groups in total. The number of carbonyl (C=O) groups excluding carboxylic acids is 2. The number of nitrogens with zero attached hydrogens (tertiary/aromatic N) is 1. The van der Waals surface area contributed by atoms with E-state index in [0.717, 1.165) is 38.5 Å². The summed E-state index contributed by atoms with van der Waals surface area (Å²) in [6.07, 6.45) is 5.69. The minimum absolute atomic E-state index is 0.0101. The van der Waals surface area contributed by atoms with Gasteiger partial charge < -0.3 is 5.73 Å². The van der Waals surface area contributed by atoms with Crippen LogP contribution in [-0.4, -0.2) is 29.3 Å². The summed E-state index contributed by atoms with van der Waals surface area (Å²) in [6.45, 7) is 2.58. The first kappa shape index (κ1) is 12.6. The van der Waals surface area contributed by atoms with Gasteiger partial charge in [0.05, 0.1) is 11.8 Å². The molecule has 0 spiro atoms. The molecule has 0 aromatic carbocycles. The average Bonchev–Trinajstić information content (AvgIpc) is 2.82. The first-order chi connectivity index (χ1) is 8.11. The van der Waals surface area contributed by atoms with Crippen molar-refractivity contribution in [2.24, 2.45) is 17.6 Å². The van der Waals surface area contributed by atoms with Gasteiger partial charge in [-0.3, -0.25) is 14.5 Å². The van der Waals surface area contributed by atoms with Crippen molar-refractivity contribution >= 4 is 11.8 Å². The van der Waals surface area contributed by atoms with E-state index >= 15 is 0 Å². The normalized spacial score (nSPS) is 29.9. The predicted octanol–water partition coefficient (Wildman–Crippen LogP) is 1.29. The molecule has 0 radical (unpaired) electrons. The number of carbonyl (C=O) groups is 2. The van der Waals surface area contributed by atoms with Crippen LogP contribution in [0.15, 0.2) is 0 Å². The Hall–Kier alpha value is -0.900. The van der Waals surface area contributed by atoms with Gasteiger partial charge in [0.1, 0.15) is 0 Å². The number of nitrogens with two attached hydrogens (primary N) is 1. The molecule has 1 heterocycles. The summed E-state index contributed by atoms with van der Waals surface area (Å²) < 4.78 is 0. The van der Waals surface area contributed by atoms with Gasteiger partial charge in [-0.05, 0) is 32.6 Å². The van der Waals surface area contributed by atoms with Crippen LogP contribution in [0.25, 0.3) is 0 Å². The molecule has 1 saturated heterocycles. The van der Waals surface area contributed by atoms with Crippen LogP contribution in [0.3, 0.4) is 0 Å². The van der Waals surface area contributed by atoms with Gasteiger partial charge in [0.15, 0.2) is 0 Å². The summed E-state index contributed by atoms with van der Waals surface area (Å²) in [6, 6.07) is 0.208. The Bertz CT molecular complexity index is 293. The van der Waals surface area contributed by atoms with Crippen LogP contribution >= 0.6 is 0 Å². The Morgan fingerprint density at radius 3 is 2.35 bits per heavy atom. The number of rotatable bonds is 5. The van der Waals surface area contributed by atoms with Crippen LogP contribution in [0, 0.1) is 11.8 Å². The molecule has 4 nitrogen and oxygen atoms in total. The molecule has 17 heavy (non-hydrogen) atoms. The summed E-state index contributed by atoms with van der Waals surface area (Å²) in [5, 5.41) is 0. The standard InChI is InChI=1S/C13H22N2O2/c1-9(14)5-2-3-8-15-12(16)10-6-4-7-11(10)13(15)17/h9-11H,2-8,14H2,1H3. The van der Waals surface area contributed by atoms with Crippen molar-refractivity contribution < 1.29 is 9.59 Å². The molecule has 3 unspecified atom stereocenters. The molecule has 0 bridgehead atoms. The van der Waals surface area contributed by atoms with E-state index in [9.17, 15) is 9.59 Å². The van der Waals surface area contributed by atoms with E-state index in [-0.39, 0.29) is 29.7 Å². The van der Waals surface area contributed by atoms with Gasteiger partial charge in [0, 0.05) is 12.6 Å². The predicted molar refractivity (Wildman–Crippen MR) is 65.1 cm³/mol. The minimum Gasteiger partial charge on any atom is -0.328 e. The Morgan fingerprint density at radius 2 is 1.82 bits per heavy atom. The number of imide groups is 1. The van der Waals surface area contributed by atoms with Crippen molar-refractivity contribution in [2.75, 3.05) is 6.54 Å². The highest BCUT2D eigenvalue weighted by Gasteiger charge is 2.49. The fraction of sp³-hybridized carbons (Fsp3) is 0.846. The van der Waals surface area contributed by atoms with E-state index < -0.39 is 0 Å².